The van der Waals surface area contributed by atoms with E-state index in [9.17, 15) is 9.59 Å². The summed E-state index contributed by atoms with van der Waals surface area (Å²) in [7, 11) is 0. The molecule has 0 spiro atoms. The van der Waals surface area contributed by atoms with Crippen LogP contribution >= 0.6 is 0 Å². The first-order valence-electron chi connectivity index (χ1n) is 6.84. The Labute approximate surface area is 118 Å². The third-order valence-corrected chi connectivity index (χ3v) is 3.61. The maximum Gasteiger partial charge on any atom is 0.328 e. The van der Waals surface area contributed by atoms with Crippen LogP contribution < -0.4 is 5.32 Å². The lowest BCUT2D eigenvalue weighted by molar-refractivity contribution is -0.131. The highest BCUT2D eigenvalue weighted by Crippen LogP contribution is 2.36. The summed E-state index contributed by atoms with van der Waals surface area (Å²) in [5.74, 6) is -0.177. The molecule has 20 heavy (non-hydrogen) atoms. The molecule has 0 radical (unpaired) electrons. The van der Waals surface area contributed by atoms with Gasteiger partial charge in [-0.1, -0.05) is 31.2 Å². The molecule has 1 unspecified atom stereocenters. The van der Waals surface area contributed by atoms with Crippen molar-refractivity contribution in [1.82, 2.24) is 5.32 Å². The Bertz CT molecular complexity index is 515. The number of rotatable bonds is 6. The molecular formula is C16H19NO3. The molecule has 0 aromatic heterocycles. The van der Waals surface area contributed by atoms with Crippen molar-refractivity contribution in [3.63, 3.8) is 0 Å². The lowest BCUT2D eigenvalue weighted by Crippen LogP contribution is -2.29. The molecule has 1 aromatic rings. The van der Waals surface area contributed by atoms with Crippen LogP contribution in [0.3, 0.4) is 0 Å². The molecule has 1 atom stereocenters. The molecule has 4 heteroatoms. The predicted octanol–water partition coefficient (Wildman–Crippen LogP) is 2.45. The first-order chi connectivity index (χ1) is 9.56. The van der Waals surface area contributed by atoms with Crippen molar-refractivity contribution >= 4 is 18.0 Å². The van der Waals surface area contributed by atoms with Gasteiger partial charge in [-0.05, 0) is 36.0 Å². The summed E-state index contributed by atoms with van der Waals surface area (Å²) in [5, 5.41) is 11.5. The first kappa shape index (κ1) is 14.3. The van der Waals surface area contributed by atoms with E-state index in [-0.39, 0.29) is 11.8 Å². The van der Waals surface area contributed by atoms with Gasteiger partial charge in [-0.3, -0.25) is 4.79 Å². The molecule has 1 aliphatic carbocycles. The molecule has 0 aliphatic heterocycles. The highest BCUT2D eigenvalue weighted by Gasteiger charge is 2.32. The van der Waals surface area contributed by atoms with Crippen LogP contribution in [-0.4, -0.2) is 17.0 Å². The van der Waals surface area contributed by atoms with E-state index in [0.29, 0.717) is 12.5 Å². The molecule has 1 aromatic carbocycles. The Kier molecular flexibility index (Phi) is 4.56. The van der Waals surface area contributed by atoms with Crippen molar-refractivity contribution in [2.75, 3.05) is 0 Å². The second-order valence-electron chi connectivity index (χ2n) is 5.26. The van der Waals surface area contributed by atoms with Crippen LogP contribution in [0, 0.1) is 11.8 Å². The molecule has 1 amide bonds. The predicted molar refractivity (Wildman–Crippen MR) is 76.8 cm³/mol. The maximum absolute atomic E-state index is 11.9. The number of hydrogen-bond donors (Lipinski definition) is 2. The molecule has 2 N–H and O–H groups in total. The summed E-state index contributed by atoms with van der Waals surface area (Å²) in [4.78, 5) is 22.3. The molecule has 0 heterocycles. The fourth-order valence-electron chi connectivity index (χ4n) is 2.07. The fourth-order valence-corrected chi connectivity index (χ4v) is 2.07. The van der Waals surface area contributed by atoms with Gasteiger partial charge in [0.05, 0.1) is 0 Å². The Balaban J connectivity index is 1.84. The number of aliphatic carboxylic acids is 1. The maximum atomic E-state index is 11.9. The van der Waals surface area contributed by atoms with E-state index < -0.39 is 5.97 Å². The fraction of sp³-hybridized carbons (Fsp3) is 0.375. The third-order valence-electron chi connectivity index (χ3n) is 3.61. The molecule has 1 aliphatic rings. The smallest absolute Gasteiger partial charge is 0.328 e. The summed E-state index contributed by atoms with van der Waals surface area (Å²) in [5.41, 5.74) is 1.84. The number of carboxylic acid groups (broad SMARTS) is 1. The summed E-state index contributed by atoms with van der Waals surface area (Å²) in [6.45, 7) is 2.49. The molecule has 2 rings (SSSR count). The first-order valence-corrected chi connectivity index (χ1v) is 6.84. The molecular weight excluding hydrogens is 254 g/mol. The van der Waals surface area contributed by atoms with Gasteiger partial charge >= 0.3 is 5.97 Å². The number of carbonyl (C=O) groups is 2. The second kappa shape index (κ2) is 6.37. The van der Waals surface area contributed by atoms with Gasteiger partial charge in [-0.15, -0.1) is 0 Å². The van der Waals surface area contributed by atoms with E-state index in [0.717, 1.165) is 17.2 Å². The van der Waals surface area contributed by atoms with E-state index in [1.165, 1.54) is 12.8 Å². The van der Waals surface area contributed by atoms with Crippen LogP contribution in [0.5, 0.6) is 0 Å². The molecule has 4 nitrogen and oxygen atoms in total. The van der Waals surface area contributed by atoms with Crippen molar-refractivity contribution in [3.05, 3.63) is 41.5 Å². The zero-order valence-electron chi connectivity index (χ0n) is 11.5. The van der Waals surface area contributed by atoms with Gasteiger partial charge in [-0.2, -0.15) is 0 Å². The standard InChI is InChI=1S/C16H19NO3/c1-11(14-7-8-14)16(20)17-10-13-4-2-12(3-5-13)6-9-15(18)19/h2-6,9,11,14H,7-8,10H2,1H3,(H,17,20)(H,18,19)/b9-6+. The molecule has 0 saturated heterocycles. The number of nitrogens with one attached hydrogen (secondary N) is 1. The lowest BCUT2D eigenvalue weighted by atomic mass is 10.1. The Hall–Kier alpha value is -2.10. The Morgan fingerprint density at radius 2 is 2.00 bits per heavy atom. The average molecular weight is 273 g/mol. The zero-order chi connectivity index (χ0) is 14.5. The second-order valence-corrected chi connectivity index (χ2v) is 5.26. The normalized spacial score (nSPS) is 16.1. The van der Waals surface area contributed by atoms with Crippen LogP contribution in [-0.2, 0) is 16.1 Å². The quantitative estimate of drug-likeness (QED) is 0.782. The SMILES string of the molecule is CC(C(=O)NCc1ccc(/C=C/C(=O)O)cc1)C1CC1. The van der Waals surface area contributed by atoms with Crippen LogP contribution in [0.1, 0.15) is 30.9 Å². The molecule has 0 bridgehead atoms. The number of amides is 1. The van der Waals surface area contributed by atoms with Crippen molar-refractivity contribution in [1.29, 1.82) is 0 Å². The molecule has 1 saturated carbocycles. The van der Waals surface area contributed by atoms with E-state index >= 15 is 0 Å². The van der Waals surface area contributed by atoms with E-state index in [4.69, 9.17) is 5.11 Å². The summed E-state index contributed by atoms with van der Waals surface area (Å²) < 4.78 is 0. The third kappa shape index (κ3) is 4.23. The minimum Gasteiger partial charge on any atom is -0.478 e. The lowest BCUT2D eigenvalue weighted by Gasteiger charge is -2.11. The van der Waals surface area contributed by atoms with Crippen molar-refractivity contribution in [2.24, 2.45) is 11.8 Å². The number of hydrogen-bond acceptors (Lipinski definition) is 2. The molecule has 106 valence electrons. The summed E-state index contributed by atoms with van der Waals surface area (Å²) in [6, 6.07) is 7.46. The highest BCUT2D eigenvalue weighted by atomic mass is 16.4. The van der Waals surface area contributed by atoms with Gasteiger partial charge in [0, 0.05) is 18.5 Å². The van der Waals surface area contributed by atoms with Crippen LogP contribution in [0.25, 0.3) is 6.08 Å². The van der Waals surface area contributed by atoms with Crippen molar-refractivity contribution < 1.29 is 14.7 Å². The Morgan fingerprint density at radius 1 is 1.35 bits per heavy atom. The zero-order valence-corrected chi connectivity index (χ0v) is 11.5. The van der Waals surface area contributed by atoms with Gasteiger partial charge in [0.25, 0.3) is 0 Å². The minimum absolute atomic E-state index is 0.104. The number of benzene rings is 1. The largest absolute Gasteiger partial charge is 0.478 e. The number of carbonyl (C=O) groups excluding carboxylic acids is 1. The van der Waals surface area contributed by atoms with E-state index in [1.54, 1.807) is 6.08 Å². The van der Waals surface area contributed by atoms with Gasteiger partial charge in [0.2, 0.25) is 5.91 Å². The van der Waals surface area contributed by atoms with Crippen molar-refractivity contribution in [3.8, 4) is 0 Å². The summed E-state index contributed by atoms with van der Waals surface area (Å²) >= 11 is 0. The summed E-state index contributed by atoms with van der Waals surface area (Å²) in [6.07, 6.45) is 4.98. The van der Waals surface area contributed by atoms with Crippen LogP contribution in [0.15, 0.2) is 30.3 Å². The van der Waals surface area contributed by atoms with Gasteiger partial charge in [0.1, 0.15) is 0 Å². The van der Waals surface area contributed by atoms with Crippen LogP contribution in [0.4, 0.5) is 0 Å². The highest BCUT2D eigenvalue weighted by molar-refractivity contribution is 5.85. The monoisotopic (exact) mass is 273 g/mol. The average Bonchev–Trinajstić information content (AvgIpc) is 3.27. The molecule has 1 fully saturated rings. The number of carboxylic acids is 1. The minimum atomic E-state index is -0.963. The van der Waals surface area contributed by atoms with E-state index in [2.05, 4.69) is 5.32 Å². The van der Waals surface area contributed by atoms with Crippen LogP contribution in [0.2, 0.25) is 0 Å². The van der Waals surface area contributed by atoms with Gasteiger partial charge in [0.15, 0.2) is 0 Å². The van der Waals surface area contributed by atoms with Gasteiger partial charge < -0.3 is 10.4 Å². The van der Waals surface area contributed by atoms with E-state index in [1.807, 2.05) is 31.2 Å². The Morgan fingerprint density at radius 3 is 2.55 bits per heavy atom. The van der Waals surface area contributed by atoms with Gasteiger partial charge in [-0.25, -0.2) is 4.79 Å². The topological polar surface area (TPSA) is 66.4 Å². The van der Waals surface area contributed by atoms with Crippen molar-refractivity contribution in [2.45, 2.75) is 26.3 Å².